The molecule has 1 aliphatic heterocycles. The predicted molar refractivity (Wildman–Crippen MR) is 73.3 cm³/mol. The minimum Gasteiger partial charge on any atom is -0.340 e. The number of nitrogens with two attached hydrogens (primary N) is 1. The van der Waals surface area contributed by atoms with Crippen molar-refractivity contribution < 1.29 is 4.79 Å². The number of amides is 1. The highest BCUT2D eigenvalue weighted by Crippen LogP contribution is 2.18. The van der Waals surface area contributed by atoms with E-state index >= 15 is 0 Å². The molecule has 0 saturated carbocycles. The number of carbonyl (C=O) groups is 1. The van der Waals surface area contributed by atoms with Crippen LogP contribution >= 0.6 is 0 Å². The predicted octanol–water partition coefficient (Wildman–Crippen LogP) is 1.88. The van der Waals surface area contributed by atoms with Crippen LogP contribution in [0.25, 0.3) is 0 Å². The van der Waals surface area contributed by atoms with Gasteiger partial charge >= 0.3 is 0 Å². The molecule has 0 radical (unpaired) electrons. The summed E-state index contributed by atoms with van der Waals surface area (Å²) in [6.45, 7) is 4.94. The van der Waals surface area contributed by atoms with Crippen molar-refractivity contribution >= 4 is 5.91 Å². The molecule has 1 amide bonds. The number of nitrogens with zero attached hydrogens (tertiary/aromatic N) is 1. The lowest BCUT2D eigenvalue weighted by molar-refractivity contribution is -0.133. The molecule has 0 aliphatic carbocycles. The maximum Gasteiger partial charge on any atom is 0.227 e. The van der Waals surface area contributed by atoms with Gasteiger partial charge in [0.15, 0.2) is 0 Å². The molecule has 18 heavy (non-hydrogen) atoms. The number of rotatable bonds is 2. The molecular formula is C15H22N2O. The third kappa shape index (κ3) is 2.91. The first-order valence-electron chi connectivity index (χ1n) is 6.67. The minimum absolute atomic E-state index is 0.226. The van der Waals surface area contributed by atoms with Gasteiger partial charge in [-0.1, -0.05) is 24.3 Å². The van der Waals surface area contributed by atoms with Gasteiger partial charge in [-0.3, -0.25) is 4.79 Å². The second-order valence-electron chi connectivity index (χ2n) is 5.32. The van der Waals surface area contributed by atoms with Gasteiger partial charge in [0.05, 0.1) is 6.42 Å². The van der Waals surface area contributed by atoms with Gasteiger partial charge in [0.1, 0.15) is 0 Å². The Kier molecular flexibility index (Phi) is 4.02. The van der Waals surface area contributed by atoms with Gasteiger partial charge in [-0.05, 0) is 37.8 Å². The Morgan fingerprint density at radius 3 is 2.83 bits per heavy atom. The van der Waals surface area contributed by atoms with Gasteiger partial charge in [0.2, 0.25) is 5.91 Å². The fourth-order valence-corrected chi connectivity index (χ4v) is 2.65. The quantitative estimate of drug-likeness (QED) is 0.866. The van der Waals surface area contributed by atoms with E-state index in [9.17, 15) is 4.79 Å². The van der Waals surface area contributed by atoms with E-state index < -0.39 is 0 Å². The molecule has 1 aliphatic rings. The van der Waals surface area contributed by atoms with Crippen molar-refractivity contribution in [3.63, 3.8) is 0 Å². The maximum absolute atomic E-state index is 12.3. The van der Waals surface area contributed by atoms with Crippen molar-refractivity contribution in [3.8, 4) is 0 Å². The number of hydrogen-bond donors (Lipinski definition) is 1. The number of aryl methyl sites for hydroxylation is 1. The molecule has 2 rings (SSSR count). The molecule has 3 heteroatoms. The standard InChI is InChI=1S/C15H22N2O/c1-11-5-3-4-6-13(11)10-15(18)17-8-7-14(16)9-12(17)2/h3-6,12,14H,7-10,16H2,1-2H3. The molecule has 2 atom stereocenters. The van der Waals surface area contributed by atoms with Crippen LogP contribution in [-0.4, -0.2) is 29.4 Å². The zero-order valence-corrected chi connectivity index (χ0v) is 11.2. The fraction of sp³-hybridized carbons (Fsp3) is 0.533. The van der Waals surface area contributed by atoms with Gasteiger partial charge in [-0.15, -0.1) is 0 Å². The van der Waals surface area contributed by atoms with Crippen LogP contribution in [0.2, 0.25) is 0 Å². The highest BCUT2D eigenvalue weighted by Gasteiger charge is 2.26. The third-order valence-corrected chi connectivity index (χ3v) is 3.84. The average Bonchev–Trinajstić information content (AvgIpc) is 2.32. The molecule has 0 bridgehead atoms. The van der Waals surface area contributed by atoms with Gasteiger partial charge in [-0.25, -0.2) is 0 Å². The van der Waals surface area contributed by atoms with Crippen LogP contribution in [0.3, 0.4) is 0 Å². The van der Waals surface area contributed by atoms with Crippen LogP contribution in [-0.2, 0) is 11.2 Å². The normalized spacial score (nSPS) is 24.1. The Labute approximate surface area is 109 Å². The SMILES string of the molecule is Cc1ccccc1CC(=O)N1CCC(N)CC1C. The van der Waals surface area contributed by atoms with Gasteiger partial charge < -0.3 is 10.6 Å². The summed E-state index contributed by atoms with van der Waals surface area (Å²) < 4.78 is 0. The molecule has 1 aromatic carbocycles. The Hall–Kier alpha value is -1.35. The monoisotopic (exact) mass is 246 g/mol. The highest BCUT2D eigenvalue weighted by molar-refractivity contribution is 5.79. The molecule has 0 aromatic heterocycles. The molecule has 2 unspecified atom stereocenters. The zero-order chi connectivity index (χ0) is 13.1. The summed E-state index contributed by atoms with van der Waals surface area (Å²) in [5.41, 5.74) is 8.24. The van der Waals surface area contributed by atoms with Crippen LogP contribution in [0.4, 0.5) is 0 Å². The maximum atomic E-state index is 12.3. The summed E-state index contributed by atoms with van der Waals surface area (Å²) in [4.78, 5) is 14.3. The van der Waals surface area contributed by atoms with Crippen molar-refractivity contribution in [1.29, 1.82) is 0 Å². The van der Waals surface area contributed by atoms with Crippen LogP contribution in [0, 0.1) is 6.92 Å². The number of likely N-dealkylation sites (tertiary alicyclic amines) is 1. The van der Waals surface area contributed by atoms with Crippen LogP contribution in [0.1, 0.15) is 30.9 Å². The summed E-state index contributed by atoms with van der Waals surface area (Å²) in [5.74, 6) is 0.226. The van der Waals surface area contributed by atoms with E-state index in [0.29, 0.717) is 6.42 Å². The lowest BCUT2D eigenvalue weighted by Crippen LogP contribution is -2.48. The van der Waals surface area contributed by atoms with Crippen LogP contribution < -0.4 is 5.73 Å². The number of benzene rings is 1. The number of hydrogen-bond acceptors (Lipinski definition) is 2. The van der Waals surface area contributed by atoms with E-state index in [2.05, 4.69) is 19.9 Å². The second-order valence-corrected chi connectivity index (χ2v) is 5.32. The molecule has 2 N–H and O–H groups in total. The van der Waals surface area contributed by atoms with E-state index in [-0.39, 0.29) is 18.0 Å². The first-order chi connectivity index (χ1) is 8.58. The van der Waals surface area contributed by atoms with E-state index in [0.717, 1.165) is 24.9 Å². The summed E-state index contributed by atoms with van der Waals surface area (Å²) in [6, 6.07) is 8.61. The van der Waals surface area contributed by atoms with Crippen LogP contribution in [0.5, 0.6) is 0 Å². The molecule has 98 valence electrons. The molecule has 1 fully saturated rings. The summed E-state index contributed by atoms with van der Waals surface area (Å²) in [6.07, 6.45) is 2.34. The van der Waals surface area contributed by atoms with Gasteiger partial charge in [0.25, 0.3) is 0 Å². The molecule has 0 spiro atoms. The molecule has 1 aromatic rings. The third-order valence-electron chi connectivity index (χ3n) is 3.84. The Balaban J connectivity index is 2.02. The van der Waals surface area contributed by atoms with Crippen molar-refractivity contribution in [2.75, 3.05) is 6.54 Å². The number of piperidine rings is 1. The van der Waals surface area contributed by atoms with Crippen molar-refractivity contribution in [2.24, 2.45) is 5.73 Å². The van der Waals surface area contributed by atoms with E-state index in [1.165, 1.54) is 5.56 Å². The van der Waals surface area contributed by atoms with Crippen molar-refractivity contribution in [2.45, 2.75) is 45.2 Å². The van der Waals surface area contributed by atoms with E-state index in [4.69, 9.17) is 5.73 Å². The lowest BCUT2D eigenvalue weighted by atomic mass is 9.97. The molecule has 1 heterocycles. The van der Waals surface area contributed by atoms with Gasteiger partial charge in [-0.2, -0.15) is 0 Å². The van der Waals surface area contributed by atoms with Crippen molar-refractivity contribution in [3.05, 3.63) is 35.4 Å². The lowest BCUT2D eigenvalue weighted by Gasteiger charge is -2.36. The summed E-state index contributed by atoms with van der Waals surface area (Å²) in [5, 5.41) is 0. The first kappa shape index (κ1) is 13.1. The van der Waals surface area contributed by atoms with Crippen molar-refractivity contribution in [1.82, 2.24) is 4.90 Å². The molecule has 1 saturated heterocycles. The van der Waals surface area contributed by atoms with E-state index in [1.54, 1.807) is 0 Å². The largest absolute Gasteiger partial charge is 0.340 e. The highest BCUT2D eigenvalue weighted by atomic mass is 16.2. The molecular weight excluding hydrogens is 224 g/mol. The van der Waals surface area contributed by atoms with E-state index in [1.807, 2.05) is 23.1 Å². The number of carbonyl (C=O) groups excluding carboxylic acids is 1. The Morgan fingerprint density at radius 1 is 1.44 bits per heavy atom. The molecule has 3 nitrogen and oxygen atoms in total. The van der Waals surface area contributed by atoms with Gasteiger partial charge in [0, 0.05) is 18.6 Å². The summed E-state index contributed by atoms with van der Waals surface area (Å²) in [7, 11) is 0. The van der Waals surface area contributed by atoms with Crippen LogP contribution in [0.15, 0.2) is 24.3 Å². The minimum atomic E-state index is 0.226. The zero-order valence-electron chi connectivity index (χ0n) is 11.2. The Morgan fingerprint density at radius 2 is 2.17 bits per heavy atom. The first-order valence-corrected chi connectivity index (χ1v) is 6.67. The smallest absolute Gasteiger partial charge is 0.227 e. The Bertz CT molecular complexity index is 430. The summed E-state index contributed by atoms with van der Waals surface area (Å²) >= 11 is 0. The topological polar surface area (TPSA) is 46.3 Å². The second kappa shape index (κ2) is 5.53. The fourth-order valence-electron chi connectivity index (χ4n) is 2.65. The average molecular weight is 246 g/mol.